The van der Waals surface area contributed by atoms with Gasteiger partial charge in [0.2, 0.25) is 5.91 Å². The molecule has 3 rings (SSSR count). The van der Waals surface area contributed by atoms with Crippen molar-refractivity contribution >= 4 is 29.1 Å². The van der Waals surface area contributed by atoms with Crippen LogP contribution in [0, 0.1) is 5.92 Å². The third kappa shape index (κ3) is 3.68. The number of rotatable bonds is 5. The van der Waals surface area contributed by atoms with E-state index in [9.17, 15) is 9.59 Å². The zero-order valence-electron chi connectivity index (χ0n) is 15.0. The van der Waals surface area contributed by atoms with Gasteiger partial charge in [-0.05, 0) is 42.2 Å². The van der Waals surface area contributed by atoms with Crippen molar-refractivity contribution in [1.82, 2.24) is 4.90 Å². The zero-order valence-corrected chi connectivity index (χ0v) is 15.7. The molecule has 26 heavy (non-hydrogen) atoms. The minimum atomic E-state index is -0.136. The van der Waals surface area contributed by atoms with Crippen molar-refractivity contribution in [1.29, 1.82) is 0 Å². The van der Waals surface area contributed by atoms with Gasteiger partial charge in [-0.2, -0.15) is 0 Å². The Morgan fingerprint density at radius 1 is 1.19 bits per heavy atom. The first-order valence-electron chi connectivity index (χ1n) is 8.37. The number of methoxy groups -OCH3 is 1. The van der Waals surface area contributed by atoms with E-state index in [2.05, 4.69) is 5.32 Å². The summed E-state index contributed by atoms with van der Waals surface area (Å²) < 4.78 is 5.31. The number of benzene rings is 2. The molecule has 2 aromatic carbocycles. The summed E-state index contributed by atoms with van der Waals surface area (Å²) in [6, 6.07) is 12.6. The molecule has 1 aliphatic rings. The van der Waals surface area contributed by atoms with Crippen LogP contribution in [0.2, 0.25) is 5.02 Å². The maximum Gasteiger partial charge on any atom is 0.253 e. The van der Waals surface area contributed by atoms with Crippen LogP contribution in [-0.4, -0.2) is 37.9 Å². The lowest BCUT2D eigenvalue weighted by molar-refractivity contribution is -0.117. The molecule has 0 bridgehead atoms. The first kappa shape index (κ1) is 18.3. The smallest absolute Gasteiger partial charge is 0.253 e. The fraction of sp³-hybridized carbons (Fsp3) is 0.300. The Balaban J connectivity index is 1.76. The van der Waals surface area contributed by atoms with E-state index in [1.165, 1.54) is 12.0 Å². The quantitative estimate of drug-likeness (QED) is 0.868. The Hall–Kier alpha value is -2.53. The largest absolute Gasteiger partial charge is 0.495 e. The van der Waals surface area contributed by atoms with Gasteiger partial charge in [0, 0.05) is 30.6 Å². The molecule has 2 aromatic rings. The third-order valence-corrected chi connectivity index (χ3v) is 4.89. The van der Waals surface area contributed by atoms with Gasteiger partial charge < -0.3 is 15.0 Å². The van der Waals surface area contributed by atoms with Crippen molar-refractivity contribution in [3.63, 3.8) is 0 Å². The second-order valence-electron chi connectivity index (χ2n) is 6.57. The van der Waals surface area contributed by atoms with Crippen LogP contribution < -0.4 is 10.1 Å². The monoisotopic (exact) mass is 372 g/mol. The Morgan fingerprint density at radius 2 is 1.92 bits per heavy atom. The summed E-state index contributed by atoms with van der Waals surface area (Å²) in [7, 11) is 4.90. The number of carbonyl (C=O) groups is 2. The Morgan fingerprint density at radius 3 is 2.58 bits per heavy atom. The Kier molecular flexibility index (Phi) is 5.18. The summed E-state index contributed by atoms with van der Waals surface area (Å²) in [6.45, 7) is 0. The van der Waals surface area contributed by atoms with E-state index < -0.39 is 0 Å². The summed E-state index contributed by atoms with van der Waals surface area (Å²) in [6.07, 6.45) is 0.758. The second kappa shape index (κ2) is 7.38. The van der Waals surface area contributed by atoms with Gasteiger partial charge in [0.25, 0.3) is 5.91 Å². The summed E-state index contributed by atoms with van der Waals surface area (Å²) in [5.41, 5.74) is 1.98. The van der Waals surface area contributed by atoms with Gasteiger partial charge in [-0.25, -0.2) is 0 Å². The molecular formula is C20H21ClN2O3. The van der Waals surface area contributed by atoms with Crippen molar-refractivity contribution in [2.45, 2.75) is 12.3 Å². The highest BCUT2D eigenvalue weighted by atomic mass is 35.5. The van der Waals surface area contributed by atoms with E-state index >= 15 is 0 Å². The van der Waals surface area contributed by atoms with Crippen molar-refractivity contribution in [2.24, 2.45) is 5.92 Å². The maximum atomic E-state index is 12.6. The molecule has 2 amide bonds. The van der Waals surface area contributed by atoms with E-state index in [1.807, 2.05) is 24.3 Å². The molecule has 5 nitrogen and oxygen atoms in total. The highest BCUT2D eigenvalue weighted by Crippen LogP contribution is 2.50. The van der Waals surface area contributed by atoms with Crippen LogP contribution in [0.15, 0.2) is 42.5 Å². The predicted molar refractivity (Wildman–Crippen MR) is 102 cm³/mol. The van der Waals surface area contributed by atoms with Gasteiger partial charge in [0.1, 0.15) is 5.75 Å². The number of nitrogens with zero attached hydrogens (tertiary/aromatic N) is 1. The lowest BCUT2D eigenvalue weighted by Gasteiger charge is -2.14. The number of hydrogen-bond acceptors (Lipinski definition) is 3. The van der Waals surface area contributed by atoms with Crippen molar-refractivity contribution < 1.29 is 14.3 Å². The average molecular weight is 373 g/mol. The summed E-state index contributed by atoms with van der Waals surface area (Å²) in [4.78, 5) is 26.3. The van der Waals surface area contributed by atoms with Gasteiger partial charge in [0.15, 0.2) is 0 Å². The molecule has 0 radical (unpaired) electrons. The maximum absolute atomic E-state index is 12.6. The number of nitrogens with one attached hydrogen (secondary N) is 1. The second-order valence-corrected chi connectivity index (χ2v) is 6.98. The third-order valence-electron chi connectivity index (χ3n) is 4.54. The Bertz CT molecular complexity index is 851. The average Bonchev–Trinajstić information content (AvgIpc) is 3.42. The topological polar surface area (TPSA) is 58.6 Å². The predicted octanol–water partition coefficient (Wildman–Crippen LogP) is 3.79. The van der Waals surface area contributed by atoms with E-state index in [1.54, 1.807) is 32.3 Å². The molecule has 0 aliphatic heterocycles. The van der Waals surface area contributed by atoms with Gasteiger partial charge in [0.05, 0.1) is 12.8 Å². The molecule has 1 saturated carbocycles. The molecule has 1 aliphatic carbocycles. The SMILES string of the molecule is COc1ccc(C(=O)N(C)C)cc1NC(=O)C1CC1c1ccccc1Cl. The van der Waals surface area contributed by atoms with Gasteiger partial charge >= 0.3 is 0 Å². The van der Waals surface area contributed by atoms with E-state index in [-0.39, 0.29) is 23.7 Å². The number of halogens is 1. The molecule has 6 heteroatoms. The van der Waals surface area contributed by atoms with E-state index in [0.717, 1.165) is 12.0 Å². The molecule has 1 N–H and O–H groups in total. The molecule has 0 heterocycles. The normalized spacial score (nSPS) is 18.2. The van der Waals surface area contributed by atoms with Gasteiger partial charge in [-0.1, -0.05) is 29.8 Å². The zero-order chi connectivity index (χ0) is 18.8. The van der Waals surface area contributed by atoms with Crippen LogP contribution in [0.3, 0.4) is 0 Å². The Labute approximate surface area is 157 Å². The van der Waals surface area contributed by atoms with Crippen molar-refractivity contribution in [3.05, 3.63) is 58.6 Å². The standard InChI is InChI=1S/C20H21ClN2O3/c1-23(2)20(25)12-8-9-18(26-3)17(10-12)22-19(24)15-11-14(15)13-6-4-5-7-16(13)21/h4-10,14-15H,11H2,1-3H3,(H,22,24). The van der Waals surface area contributed by atoms with Crippen LogP contribution in [0.5, 0.6) is 5.75 Å². The molecule has 0 spiro atoms. The minimum absolute atomic E-state index is 0.0947. The van der Waals surface area contributed by atoms with Crippen LogP contribution in [-0.2, 0) is 4.79 Å². The highest BCUT2D eigenvalue weighted by Gasteiger charge is 2.45. The van der Waals surface area contributed by atoms with Gasteiger partial charge in [-0.15, -0.1) is 0 Å². The van der Waals surface area contributed by atoms with Crippen LogP contribution in [0.1, 0.15) is 28.3 Å². The summed E-state index contributed by atoms with van der Waals surface area (Å²) >= 11 is 6.23. The molecule has 1 fully saturated rings. The van der Waals surface area contributed by atoms with Crippen LogP contribution in [0.25, 0.3) is 0 Å². The van der Waals surface area contributed by atoms with Crippen molar-refractivity contribution in [3.8, 4) is 5.75 Å². The summed E-state index contributed by atoms with van der Waals surface area (Å²) in [5.74, 6) is 0.281. The first-order valence-corrected chi connectivity index (χ1v) is 8.75. The molecule has 0 aromatic heterocycles. The van der Waals surface area contributed by atoms with Crippen LogP contribution >= 0.6 is 11.6 Å². The molecule has 136 valence electrons. The number of carbonyl (C=O) groups excluding carboxylic acids is 2. The number of anilines is 1. The fourth-order valence-corrected chi connectivity index (χ4v) is 3.30. The fourth-order valence-electron chi connectivity index (χ4n) is 3.03. The molecular weight excluding hydrogens is 352 g/mol. The van der Waals surface area contributed by atoms with E-state index in [4.69, 9.17) is 16.3 Å². The number of hydrogen-bond donors (Lipinski definition) is 1. The number of ether oxygens (including phenoxy) is 1. The summed E-state index contributed by atoms with van der Waals surface area (Å²) in [5, 5.41) is 3.58. The minimum Gasteiger partial charge on any atom is -0.495 e. The van der Waals surface area contributed by atoms with Gasteiger partial charge in [-0.3, -0.25) is 9.59 Å². The molecule has 2 unspecified atom stereocenters. The van der Waals surface area contributed by atoms with Crippen molar-refractivity contribution in [2.75, 3.05) is 26.5 Å². The first-order chi connectivity index (χ1) is 12.4. The molecule has 0 saturated heterocycles. The lowest BCUT2D eigenvalue weighted by Crippen LogP contribution is -2.22. The van der Waals surface area contributed by atoms with E-state index in [0.29, 0.717) is 22.0 Å². The highest BCUT2D eigenvalue weighted by molar-refractivity contribution is 6.31. The number of amides is 2. The lowest BCUT2D eigenvalue weighted by atomic mass is 10.1. The molecule has 2 atom stereocenters. The van der Waals surface area contributed by atoms with Crippen LogP contribution in [0.4, 0.5) is 5.69 Å².